The number of hydrogen-bond acceptors (Lipinski definition) is 4. The fourth-order valence-electron chi connectivity index (χ4n) is 3.94. The highest BCUT2D eigenvalue weighted by Crippen LogP contribution is 2.21. The third-order valence-electron chi connectivity index (χ3n) is 5.47. The minimum Gasteiger partial charge on any atom is -0.390 e. The number of urea groups is 1. The van der Waals surface area contributed by atoms with Crippen molar-refractivity contribution in [1.29, 1.82) is 0 Å². The molecule has 6 heteroatoms. The predicted octanol–water partition coefficient (Wildman–Crippen LogP) is 1.98. The number of oxime groups is 1. The van der Waals surface area contributed by atoms with Crippen LogP contribution in [0.5, 0.6) is 0 Å². The maximum Gasteiger partial charge on any atom is 0.317 e. The zero-order valence-electron chi connectivity index (χ0n) is 14.8. The number of rotatable bonds is 3. The van der Waals surface area contributed by atoms with E-state index in [0.717, 1.165) is 37.3 Å². The fourth-order valence-corrected chi connectivity index (χ4v) is 3.94. The van der Waals surface area contributed by atoms with E-state index in [1.807, 2.05) is 4.90 Å². The smallest absolute Gasteiger partial charge is 0.317 e. The second kappa shape index (κ2) is 7.04. The summed E-state index contributed by atoms with van der Waals surface area (Å²) < 4.78 is 0. The van der Waals surface area contributed by atoms with Crippen molar-refractivity contribution in [1.82, 2.24) is 15.1 Å². The van der Waals surface area contributed by atoms with E-state index in [1.54, 1.807) is 0 Å². The summed E-state index contributed by atoms with van der Waals surface area (Å²) in [5, 5.41) is 7.22. The number of carbonyl (C=O) groups is 1. The molecule has 6 nitrogen and oxygen atoms in total. The van der Waals surface area contributed by atoms with Gasteiger partial charge in [0.25, 0.3) is 0 Å². The molecule has 3 heterocycles. The monoisotopic (exact) mass is 342 g/mol. The van der Waals surface area contributed by atoms with Crippen LogP contribution < -0.4 is 5.32 Å². The van der Waals surface area contributed by atoms with Crippen molar-refractivity contribution in [3.63, 3.8) is 0 Å². The minimum atomic E-state index is -0.0759. The van der Waals surface area contributed by atoms with Crippen LogP contribution in [0.15, 0.2) is 29.4 Å². The van der Waals surface area contributed by atoms with E-state index in [0.29, 0.717) is 12.6 Å². The molecule has 0 saturated carbocycles. The number of nitrogens with one attached hydrogen (secondary N) is 1. The minimum absolute atomic E-state index is 0.0268. The molecule has 1 aromatic carbocycles. The third kappa shape index (κ3) is 3.63. The molecule has 1 N–H and O–H groups in total. The summed E-state index contributed by atoms with van der Waals surface area (Å²) in [7, 11) is 0. The van der Waals surface area contributed by atoms with Crippen LogP contribution in [0, 0.1) is 6.92 Å². The van der Waals surface area contributed by atoms with E-state index in [1.165, 1.54) is 24.9 Å². The average molecular weight is 342 g/mol. The maximum atomic E-state index is 12.4. The molecule has 3 aliphatic heterocycles. The standard InChI is InChI=1S/C19H26N4O2/c1-14-4-6-15(7-5-14)18-11-17(25-21-18)12-20-19(24)23-10-9-22-8-2-3-16(22)13-23/h4-7,16-17H,2-3,8-13H2,1H3,(H,20,24). The molecule has 2 saturated heterocycles. The van der Waals surface area contributed by atoms with Gasteiger partial charge in [-0.05, 0) is 31.9 Å². The molecular formula is C19H26N4O2. The zero-order valence-corrected chi connectivity index (χ0v) is 14.8. The van der Waals surface area contributed by atoms with Gasteiger partial charge in [0.2, 0.25) is 0 Å². The Labute approximate surface area is 148 Å². The van der Waals surface area contributed by atoms with Crippen molar-refractivity contribution in [3.05, 3.63) is 35.4 Å². The first-order chi connectivity index (χ1) is 12.2. The first-order valence-electron chi connectivity index (χ1n) is 9.25. The lowest BCUT2D eigenvalue weighted by Gasteiger charge is -2.37. The molecule has 2 unspecified atom stereocenters. The Bertz CT molecular complexity index is 658. The SMILES string of the molecule is Cc1ccc(C2=NOC(CNC(=O)N3CCN4CCCC4C3)C2)cc1. The van der Waals surface area contributed by atoms with E-state index < -0.39 is 0 Å². The van der Waals surface area contributed by atoms with Crippen LogP contribution in [0.1, 0.15) is 30.4 Å². The van der Waals surface area contributed by atoms with Crippen LogP contribution in [0.3, 0.4) is 0 Å². The Morgan fingerprint density at radius 3 is 2.96 bits per heavy atom. The highest BCUT2D eigenvalue weighted by Gasteiger charge is 2.32. The molecule has 2 amide bonds. The lowest BCUT2D eigenvalue weighted by Crippen LogP contribution is -2.55. The van der Waals surface area contributed by atoms with Gasteiger partial charge in [-0.1, -0.05) is 35.0 Å². The number of carbonyl (C=O) groups excluding carboxylic acids is 1. The van der Waals surface area contributed by atoms with Crippen LogP contribution in [0.2, 0.25) is 0 Å². The van der Waals surface area contributed by atoms with Crippen LogP contribution in [0.25, 0.3) is 0 Å². The molecule has 25 heavy (non-hydrogen) atoms. The largest absolute Gasteiger partial charge is 0.390 e. The second-order valence-corrected chi connectivity index (χ2v) is 7.30. The van der Waals surface area contributed by atoms with Crippen molar-refractivity contribution < 1.29 is 9.63 Å². The molecular weight excluding hydrogens is 316 g/mol. The highest BCUT2D eigenvalue weighted by molar-refractivity contribution is 6.01. The fraction of sp³-hybridized carbons (Fsp3) is 0.579. The van der Waals surface area contributed by atoms with Crippen molar-refractivity contribution >= 4 is 11.7 Å². The van der Waals surface area contributed by atoms with Gasteiger partial charge in [-0.25, -0.2) is 4.79 Å². The molecule has 0 bridgehead atoms. The van der Waals surface area contributed by atoms with E-state index in [-0.39, 0.29) is 12.1 Å². The van der Waals surface area contributed by atoms with Crippen LogP contribution in [-0.4, -0.2) is 66.4 Å². The lowest BCUT2D eigenvalue weighted by molar-refractivity contribution is 0.0809. The van der Waals surface area contributed by atoms with Gasteiger partial charge in [0.15, 0.2) is 6.10 Å². The highest BCUT2D eigenvalue weighted by atomic mass is 16.6. The Balaban J connectivity index is 1.24. The third-order valence-corrected chi connectivity index (χ3v) is 5.47. The number of piperazine rings is 1. The van der Waals surface area contributed by atoms with E-state index in [4.69, 9.17) is 4.84 Å². The quantitative estimate of drug-likeness (QED) is 0.914. The molecule has 134 valence electrons. The van der Waals surface area contributed by atoms with Gasteiger partial charge in [0.1, 0.15) is 0 Å². The summed E-state index contributed by atoms with van der Waals surface area (Å²) in [6, 6.07) is 8.88. The summed E-state index contributed by atoms with van der Waals surface area (Å²) in [4.78, 5) is 22.4. The second-order valence-electron chi connectivity index (χ2n) is 7.30. The first-order valence-corrected chi connectivity index (χ1v) is 9.25. The van der Waals surface area contributed by atoms with Crippen LogP contribution >= 0.6 is 0 Å². The van der Waals surface area contributed by atoms with Crippen molar-refractivity contribution in [3.8, 4) is 0 Å². The van der Waals surface area contributed by atoms with E-state index in [2.05, 4.69) is 46.6 Å². The topological polar surface area (TPSA) is 57.2 Å². The Morgan fingerprint density at radius 1 is 1.28 bits per heavy atom. The molecule has 2 fully saturated rings. The van der Waals surface area contributed by atoms with Crippen molar-refractivity contribution in [2.24, 2.45) is 5.16 Å². The van der Waals surface area contributed by atoms with Crippen molar-refractivity contribution in [2.75, 3.05) is 32.7 Å². The summed E-state index contributed by atoms with van der Waals surface area (Å²) in [6.45, 7) is 6.43. The van der Waals surface area contributed by atoms with Gasteiger partial charge in [0.05, 0.1) is 12.3 Å². The van der Waals surface area contributed by atoms with Gasteiger partial charge in [-0.2, -0.15) is 0 Å². The van der Waals surface area contributed by atoms with E-state index >= 15 is 0 Å². The van der Waals surface area contributed by atoms with Crippen LogP contribution in [0.4, 0.5) is 4.79 Å². The summed E-state index contributed by atoms with van der Waals surface area (Å²) in [6.07, 6.45) is 3.13. The van der Waals surface area contributed by atoms with Gasteiger partial charge < -0.3 is 15.1 Å². The zero-order chi connectivity index (χ0) is 17.2. The molecule has 1 aromatic rings. The van der Waals surface area contributed by atoms with Gasteiger partial charge in [0, 0.05) is 32.1 Å². The average Bonchev–Trinajstić information content (AvgIpc) is 3.29. The molecule has 2 atom stereocenters. The number of hydrogen-bond donors (Lipinski definition) is 1. The number of nitrogens with zero attached hydrogens (tertiary/aromatic N) is 3. The van der Waals surface area contributed by atoms with Gasteiger partial charge in [-0.3, -0.25) is 4.90 Å². The number of benzene rings is 1. The van der Waals surface area contributed by atoms with Crippen molar-refractivity contribution in [2.45, 2.75) is 38.3 Å². The Hall–Kier alpha value is -2.08. The normalized spacial score (nSPS) is 26.1. The molecule has 0 aromatic heterocycles. The number of amides is 2. The summed E-state index contributed by atoms with van der Waals surface area (Å²) >= 11 is 0. The van der Waals surface area contributed by atoms with Crippen LogP contribution in [-0.2, 0) is 4.84 Å². The maximum absolute atomic E-state index is 12.4. The molecule has 3 aliphatic rings. The molecule has 0 aliphatic carbocycles. The Kier molecular flexibility index (Phi) is 4.61. The molecule has 0 radical (unpaired) electrons. The summed E-state index contributed by atoms with van der Waals surface area (Å²) in [5.74, 6) is 0. The first kappa shape index (κ1) is 16.4. The number of aryl methyl sites for hydroxylation is 1. The molecule has 4 rings (SSSR count). The van der Waals surface area contributed by atoms with Gasteiger partial charge in [-0.15, -0.1) is 0 Å². The summed E-state index contributed by atoms with van der Waals surface area (Å²) in [5.41, 5.74) is 3.28. The van der Waals surface area contributed by atoms with E-state index in [9.17, 15) is 4.79 Å². The number of fused-ring (bicyclic) bond motifs is 1. The van der Waals surface area contributed by atoms with Gasteiger partial charge >= 0.3 is 6.03 Å². The lowest BCUT2D eigenvalue weighted by atomic mass is 10.0. The molecule has 0 spiro atoms. The Morgan fingerprint density at radius 2 is 2.12 bits per heavy atom. The predicted molar refractivity (Wildman–Crippen MR) is 96.8 cm³/mol.